The monoisotopic (exact) mass is 1600 g/mol. The molecular weight excluding hydrogens is 1510 g/mol. The molecule has 8 aliphatic rings. The Balaban J connectivity index is 1.12. The number of carboxylic acids is 1. The van der Waals surface area contributed by atoms with E-state index in [9.17, 15) is 75.0 Å². The third-order valence-corrected chi connectivity index (χ3v) is 21.6. The highest BCUT2D eigenvalue weighted by molar-refractivity contribution is 6.32. The molecule has 1 aliphatic carbocycles. The van der Waals surface area contributed by atoms with Gasteiger partial charge in [-0.15, -0.1) is 0 Å². The van der Waals surface area contributed by atoms with Crippen LogP contribution in [0.3, 0.4) is 0 Å². The van der Waals surface area contributed by atoms with E-state index in [2.05, 4.69) is 26.6 Å². The number of carboxylic acid groups (broad SMARTS) is 1. The van der Waals surface area contributed by atoms with Crippen molar-refractivity contribution in [3.05, 3.63) is 129 Å². The van der Waals surface area contributed by atoms with E-state index in [4.69, 9.17) is 62.1 Å². The fourth-order valence-electron chi connectivity index (χ4n) is 15.0. The van der Waals surface area contributed by atoms with E-state index >= 15 is 19.2 Å². The molecule has 5 aromatic carbocycles. The molecule has 2 fully saturated rings. The number of ether oxygens (including phenoxy) is 7. The SMILES string of the molecule is CN[C@H](CC(C)C)C(=O)C[C@H]1C(=O)N[C@@H](CC(N)=O)C(=O)C[C@H]2C(=O)N[C@H]3C(=O)C[C@H](C(=O)N[C@H](C(=O)O)c4cc(O)cc(O)c4-c4cc3ccc4O)C(O)c3ccc(c(Cl)c3)Oc3cc2cc(c3O[C@@H]2O[C@H](CO)[C@@H](O)[C@H](O)[C@H]2OC2C[C@](C)(NC(=O)OC3/C=C/CCCCC3)[C@H](O)[C@H](C)O2)Oc2ccc(cc2Cl)[C@H]1O. The van der Waals surface area contributed by atoms with E-state index in [1.807, 2.05) is 19.9 Å². The van der Waals surface area contributed by atoms with E-state index in [-0.39, 0.29) is 57.5 Å². The van der Waals surface area contributed by atoms with E-state index < -0.39 is 257 Å². The van der Waals surface area contributed by atoms with E-state index in [1.165, 1.54) is 45.2 Å². The third-order valence-electron chi connectivity index (χ3n) is 21.0. The van der Waals surface area contributed by atoms with Crippen molar-refractivity contribution in [2.75, 3.05) is 13.7 Å². The van der Waals surface area contributed by atoms with Gasteiger partial charge in [0.05, 0.1) is 76.8 Å². The first kappa shape index (κ1) is 83.4. The van der Waals surface area contributed by atoms with Crippen LogP contribution >= 0.6 is 23.2 Å². The van der Waals surface area contributed by atoms with Gasteiger partial charge in [-0.25, -0.2) is 9.59 Å². The third kappa shape index (κ3) is 18.5. The van der Waals surface area contributed by atoms with Crippen LogP contribution in [0.15, 0.2) is 91.0 Å². The van der Waals surface area contributed by atoms with E-state index in [1.54, 1.807) is 6.08 Å². The lowest BCUT2D eigenvalue weighted by atomic mass is 9.84. The van der Waals surface area contributed by atoms with Gasteiger partial charge in [0.25, 0.3) is 0 Å². The molecule has 0 saturated carbocycles. The number of ketones is 3. The van der Waals surface area contributed by atoms with Gasteiger partial charge in [-0.05, 0) is 142 Å². The summed E-state index contributed by atoms with van der Waals surface area (Å²) in [5, 5.41) is 129. The number of likely N-dealkylation sites (N-methyl/N-ethyl adjacent to an activating group) is 1. The molecule has 13 rings (SSSR count). The van der Waals surface area contributed by atoms with Gasteiger partial charge in [0.1, 0.15) is 65.3 Å². The zero-order valence-corrected chi connectivity index (χ0v) is 63.0. The molecule has 0 spiro atoms. The molecule has 19 atom stereocenters. The van der Waals surface area contributed by atoms with Crippen LogP contribution in [0.4, 0.5) is 4.79 Å². The number of nitrogens with two attached hydrogens (primary N) is 1. The summed E-state index contributed by atoms with van der Waals surface area (Å²) in [6, 6.07) is 7.07. The van der Waals surface area contributed by atoms with E-state index in [0.717, 1.165) is 80.3 Å². The van der Waals surface area contributed by atoms with Gasteiger partial charge in [-0.3, -0.25) is 33.6 Å². The summed E-state index contributed by atoms with van der Waals surface area (Å²) in [6.07, 6.45) is -15.8. The van der Waals surface area contributed by atoms with Gasteiger partial charge in [0, 0.05) is 48.4 Å². The van der Waals surface area contributed by atoms with E-state index in [0.29, 0.717) is 6.42 Å². The molecule has 17 N–H and O–H groups in total. The fraction of sp³-hybridized carbons (Fsp3) is 0.474. The predicted octanol–water partition coefficient (Wildman–Crippen LogP) is 5.83. The van der Waals surface area contributed by atoms with Gasteiger partial charge < -0.3 is 117 Å². The number of aliphatic hydroxyl groups excluding tert-OH is 6. The highest BCUT2D eigenvalue weighted by atomic mass is 35.5. The van der Waals surface area contributed by atoms with Gasteiger partial charge in [0.15, 0.2) is 47.3 Å². The van der Waals surface area contributed by atoms with Crippen molar-refractivity contribution in [3.8, 4) is 57.1 Å². The number of amides is 5. The number of phenolic OH excluding ortho intramolecular Hbond substituents is 3. The summed E-state index contributed by atoms with van der Waals surface area (Å²) in [5.41, 5.74) is 1.80. The molecule has 3 unspecified atom stereocenters. The number of Topliss-reactive ketones (excluding diaryl/α,β-unsaturated/α-hetero) is 3. The summed E-state index contributed by atoms with van der Waals surface area (Å²) in [4.78, 5) is 132. The number of carbonyl (C=O) groups excluding carboxylic acids is 8. The molecule has 5 amide bonds. The molecule has 32 nitrogen and oxygen atoms in total. The van der Waals surface area contributed by atoms with Crippen molar-refractivity contribution in [1.29, 1.82) is 0 Å². The number of rotatable bonds is 16. The summed E-state index contributed by atoms with van der Waals surface area (Å²) in [7, 11) is 1.52. The Kier molecular flexibility index (Phi) is 26.2. The predicted molar refractivity (Wildman–Crippen MR) is 395 cm³/mol. The molecular formula is C78H90Cl2N6O26. The molecule has 34 heteroatoms. The second-order valence-electron chi connectivity index (χ2n) is 29.6. The van der Waals surface area contributed by atoms with Crippen molar-refractivity contribution >= 4 is 76.2 Å². The second kappa shape index (κ2) is 35.2. The Hall–Kier alpha value is -9.55. The topological polar surface area (TPSA) is 507 Å². The van der Waals surface area contributed by atoms with Crippen LogP contribution in [0.25, 0.3) is 11.1 Å². The van der Waals surface area contributed by atoms with Crippen LogP contribution in [0, 0.1) is 17.8 Å². The highest BCUT2D eigenvalue weighted by Crippen LogP contribution is 2.51. The highest BCUT2D eigenvalue weighted by Gasteiger charge is 2.53. The van der Waals surface area contributed by atoms with Crippen molar-refractivity contribution in [2.24, 2.45) is 23.5 Å². The molecule has 7 aliphatic heterocycles. The number of halogens is 2. The second-order valence-corrected chi connectivity index (χ2v) is 30.4. The molecule has 2 saturated heterocycles. The van der Waals surface area contributed by atoms with Crippen LogP contribution in [-0.2, 0) is 57.3 Å². The zero-order valence-electron chi connectivity index (χ0n) is 61.5. The molecule has 602 valence electrons. The lowest BCUT2D eigenvalue weighted by Crippen LogP contribution is -2.66. The van der Waals surface area contributed by atoms with Crippen LogP contribution in [-0.4, -0.2) is 191 Å². The number of carbonyl (C=O) groups is 9. The molecule has 0 radical (unpaired) electrons. The number of allylic oxidation sites excluding steroid dienone is 1. The van der Waals surface area contributed by atoms with Crippen molar-refractivity contribution in [2.45, 2.75) is 201 Å². The van der Waals surface area contributed by atoms with Crippen molar-refractivity contribution < 1.29 is 127 Å². The minimum absolute atomic E-state index is 0.0599. The number of aliphatic carboxylic acids is 1. The van der Waals surface area contributed by atoms with Gasteiger partial charge in [-0.1, -0.05) is 67.7 Å². The minimum Gasteiger partial charge on any atom is -0.508 e. The standard InChI is InChI=1S/C78H90Cl2N6O26/c1-33(2)19-48(82-5)51(90)28-44-65(95)36-14-17-55(46(79)21-36)108-57-23-38-24-58(69(57)112-76-70(68(98)67(97)59(32-87)110-76)111-61-31-78(4,71(99)34(3)106-61)86-77(105)107-40-11-9-7-6-8-10-12-40)109-56-18-15-37(22-47(56)80)66(96)45-29-54(93)63(84-72(100)41(38)27-52(91)49(30-60(81)94)83-73(44)101)35-13-16-50(89)42(20-35)62-43(25-39(88)26-53(62)92)64(75(103)104)85-74(45)102/h9,11,13-18,20-26,33-34,40-41,44-45,48-49,59,61,63-68,70-71,76,82,87-89,92,95-99H,6-8,10,12,19,27-32H2,1-5H3,(H2,81,94)(H,83,101)(H,84,100)(H,85,102)(H,86,105)(H,103,104)/b11-9+/t34-,40?,41+,44+,45-,48+,49-,59+,61?,63+,64-,65+,66?,67+,68-,70+,71+,76-,78-/m0/s1. The Morgan fingerprint density at radius 3 is 2.04 bits per heavy atom. The number of nitrogens with one attached hydrogen (secondary N) is 5. The first-order chi connectivity index (χ1) is 53.1. The maximum atomic E-state index is 16.3. The molecule has 7 heterocycles. The number of benzene rings is 5. The van der Waals surface area contributed by atoms with Crippen LogP contribution in [0.5, 0.6) is 46.0 Å². The smallest absolute Gasteiger partial charge is 0.408 e. The number of hydrogen-bond acceptors (Lipinski definition) is 26. The first-order valence-electron chi connectivity index (χ1n) is 36.6. The molecule has 0 aromatic heterocycles. The quantitative estimate of drug-likeness (QED) is 0.0517. The first-order valence-corrected chi connectivity index (χ1v) is 37.4. The average Bonchev–Trinajstić information content (AvgIpc) is 0.842. The number of fused-ring (bicyclic) bond motifs is 15. The maximum Gasteiger partial charge on any atom is 0.408 e. The fourth-order valence-corrected chi connectivity index (χ4v) is 15.5. The lowest BCUT2D eigenvalue weighted by molar-refractivity contribution is -0.334. The molecule has 112 heavy (non-hydrogen) atoms. The summed E-state index contributed by atoms with van der Waals surface area (Å²) >= 11 is 14.3. The van der Waals surface area contributed by atoms with Gasteiger partial charge in [0.2, 0.25) is 35.7 Å². The minimum atomic E-state index is -2.21. The number of hydrogen-bond donors (Lipinski definition) is 16. The largest absolute Gasteiger partial charge is 0.508 e. The van der Waals surface area contributed by atoms with Crippen LogP contribution < -0.4 is 46.5 Å². The Labute approximate surface area is 651 Å². The number of aromatic hydroxyl groups is 3. The van der Waals surface area contributed by atoms with Crippen LogP contribution in [0.2, 0.25) is 10.0 Å². The Morgan fingerprint density at radius 1 is 0.732 bits per heavy atom. The maximum absolute atomic E-state index is 16.3. The molecule has 11 bridgehead atoms. The summed E-state index contributed by atoms with van der Waals surface area (Å²) < 4.78 is 45.0. The number of phenols is 3. The Morgan fingerprint density at radius 2 is 1.40 bits per heavy atom. The lowest BCUT2D eigenvalue weighted by Gasteiger charge is -2.48. The van der Waals surface area contributed by atoms with Gasteiger partial charge >= 0.3 is 12.1 Å². The number of primary amides is 1. The van der Waals surface area contributed by atoms with Crippen molar-refractivity contribution in [3.63, 3.8) is 0 Å². The van der Waals surface area contributed by atoms with Crippen molar-refractivity contribution in [1.82, 2.24) is 26.6 Å². The Bertz CT molecular complexity index is 4470. The van der Waals surface area contributed by atoms with Gasteiger partial charge in [-0.2, -0.15) is 0 Å². The zero-order chi connectivity index (χ0) is 81.1. The number of alkyl carbamates (subject to hydrolysis) is 1. The van der Waals surface area contributed by atoms with Crippen LogP contribution in [0.1, 0.15) is 156 Å². The summed E-state index contributed by atoms with van der Waals surface area (Å²) in [5.74, 6) is -20.4. The molecule has 5 aromatic rings. The number of aliphatic hydroxyl groups is 6. The normalized spacial score (nSPS) is 29.6. The average molecular weight is 1600 g/mol. The summed E-state index contributed by atoms with van der Waals surface area (Å²) in [6.45, 7) is 5.68.